The summed E-state index contributed by atoms with van der Waals surface area (Å²) in [6.07, 6.45) is 7.38. The van der Waals surface area contributed by atoms with Crippen LogP contribution >= 0.6 is 0 Å². The molecule has 1 aromatic carbocycles. The lowest BCUT2D eigenvalue weighted by atomic mass is 10.1. The van der Waals surface area contributed by atoms with Crippen molar-refractivity contribution in [2.24, 2.45) is 0 Å². The molecule has 0 saturated carbocycles. The van der Waals surface area contributed by atoms with Crippen LogP contribution in [0.15, 0.2) is 55.1 Å². The standard InChI is InChI=1S/C23H23N9O/c1-2-18-12-17(3-4-20(18)24-5-1)15-32-23-22(28-29-32)25-14-21(27-23)19-13-26-31(16-19)7-6-30-8-10-33-11-9-30/h1-5,12-14,16H,6-11,15H2. The van der Waals surface area contributed by atoms with Crippen LogP contribution in [-0.4, -0.2) is 77.5 Å². The number of fused-ring (bicyclic) bond motifs is 2. The van der Waals surface area contributed by atoms with Gasteiger partial charge in [-0.15, -0.1) is 5.10 Å². The van der Waals surface area contributed by atoms with Gasteiger partial charge in [-0.25, -0.2) is 14.6 Å². The van der Waals surface area contributed by atoms with E-state index in [0.717, 1.165) is 67.1 Å². The maximum atomic E-state index is 5.41. The van der Waals surface area contributed by atoms with Crippen molar-refractivity contribution in [3.8, 4) is 11.3 Å². The molecule has 6 rings (SSSR count). The second-order valence-corrected chi connectivity index (χ2v) is 8.13. The molecule has 0 spiro atoms. The zero-order chi connectivity index (χ0) is 22.0. The van der Waals surface area contributed by atoms with Gasteiger partial charge in [-0.2, -0.15) is 5.10 Å². The lowest BCUT2D eigenvalue weighted by Gasteiger charge is -2.26. The van der Waals surface area contributed by atoms with Crippen molar-refractivity contribution in [2.45, 2.75) is 13.1 Å². The largest absolute Gasteiger partial charge is 0.379 e. The normalized spacial score (nSPS) is 14.9. The van der Waals surface area contributed by atoms with Gasteiger partial charge in [0.2, 0.25) is 5.65 Å². The van der Waals surface area contributed by atoms with Gasteiger partial charge in [-0.1, -0.05) is 17.3 Å². The van der Waals surface area contributed by atoms with Gasteiger partial charge in [-0.3, -0.25) is 14.6 Å². The lowest BCUT2D eigenvalue weighted by Crippen LogP contribution is -2.38. The summed E-state index contributed by atoms with van der Waals surface area (Å²) in [5.74, 6) is 0. The molecule has 10 heteroatoms. The number of aromatic nitrogens is 8. The summed E-state index contributed by atoms with van der Waals surface area (Å²) in [4.78, 5) is 16.1. The molecule has 33 heavy (non-hydrogen) atoms. The van der Waals surface area contributed by atoms with E-state index >= 15 is 0 Å². The Hall–Kier alpha value is -3.76. The molecular weight excluding hydrogens is 418 g/mol. The second kappa shape index (κ2) is 8.64. The number of hydrogen-bond acceptors (Lipinski definition) is 8. The molecule has 10 nitrogen and oxygen atoms in total. The Morgan fingerprint density at radius 1 is 1.00 bits per heavy atom. The Morgan fingerprint density at radius 2 is 1.94 bits per heavy atom. The highest BCUT2D eigenvalue weighted by atomic mass is 16.5. The smallest absolute Gasteiger partial charge is 0.221 e. The van der Waals surface area contributed by atoms with Crippen LogP contribution in [0.1, 0.15) is 5.56 Å². The highest BCUT2D eigenvalue weighted by molar-refractivity contribution is 5.79. The molecule has 1 saturated heterocycles. The minimum atomic E-state index is 0.529. The van der Waals surface area contributed by atoms with E-state index in [1.54, 1.807) is 17.1 Å². The second-order valence-electron chi connectivity index (χ2n) is 8.13. The van der Waals surface area contributed by atoms with E-state index in [2.05, 4.69) is 48.5 Å². The third-order valence-electron chi connectivity index (χ3n) is 5.91. The Balaban J connectivity index is 1.22. The number of nitrogens with zero attached hydrogens (tertiary/aromatic N) is 9. The Labute approximate surface area is 189 Å². The van der Waals surface area contributed by atoms with Crippen LogP contribution in [0.25, 0.3) is 33.5 Å². The Bertz CT molecular complexity index is 1400. The molecule has 0 aliphatic carbocycles. The van der Waals surface area contributed by atoms with E-state index in [-0.39, 0.29) is 0 Å². The first-order valence-corrected chi connectivity index (χ1v) is 11.0. The highest BCUT2D eigenvalue weighted by Crippen LogP contribution is 2.19. The predicted octanol–water partition coefficient (Wildman–Crippen LogP) is 2.01. The van der Waals surface area contributed by atoms with Crippen LogP contribution in [0.5, 0.6) is 0 Å². The summed E-state index contributed by atoms with van der Waals surface area (Å²) in [6.45, 7) is 5.88. The summed E-state index contributed by atoms with van der Waals surface area (Å²) in [7, 11) is 0. The fraction of sp³-hybridized carbons (Fsp3) is 0.304. The molecule has 5 aromatic rings. The third-order valence-corrected chi connectivity index (χ3v) is 5.91. The molecule has 1 aliphatic heterocycles. The van der Waals surface area contributed by atoms with Crippen LogP contribution in [0.3, 0.4) is 0 Å². The van der Waals surface area contributed by atoms with E-state index < -0.39 is 0 Å². The molecule has 0 radical (unpaired) electrons. The zero-order valence-electron chi connectivity index (χ0n) is 18.1. The molecule has 0 unspecified atom stereocenters. The first-order chi connectivity index (χ1) is 16.3. The van der Waals surface area contributed by atoms with Crippen molar-refractivity contribution in [3.05, 3.63) is 60.7 Å². The number of morpholine rings is 1. The van der Waals surface area contributed by atoms with Gasteiger partial charge in [0.25, 0.3) is 0 Å². The minimum absolute atomic E-state index is 0.529. The summed E-state index contributed by atoms with van der Waals surface area (Å²) >= 11 is 0. The summed E-state index contributed by atoms with van der Waals surface area (Å²) in [5.41, 5.74) is 4.94. The van der Waals surface area contributed by atoms with Crippen molar-refractivity contribution < 1.29 is 4.74 Å². The average Bonchev–Trinajstić information content (AvgIpc) is 3.50. The molecule has 0 atom stereocenters. The number of benzene rings is 1. The van der Waals surface area contributed by atoms with Gasteiger partial charge in [-0.05, 0) is 23.8 Å². The fourth-order valence-corrected chi connectivity index (χ4v) is 4.08. The third kappa shape index (κ3) is 4.18. The molecule has 0 amide bonds. The van der Waals surface area contributed by atoms with Gasteiger partial charge in [0.15, 0.2) is 5.65 Å². The fourth-order valence-electron chi connectivity index (χ4n) is 4.08. The Morgan fingerprint density at radius 3 is 2.88 bits per heavy atom. The maximum Gasteiger partial charge on any atom is 0.221 e. The molecule has 5 heterocycles. The van der Waals surface area contributed by atoms with Gasteiger partial charge in [0.1, 0.15) is 0 Å². The molecule has 0 bridgehead atoms. The summed E-state index contributed by atoms with van der Waals surface area (Å²) in [5, 5.41) is 14.1. The highest BCUT2D eigenvalue weighted by Gasteiger charge is 2.13. The molecule has 1 fully saturated rings. The minimum Gasteiger partial charge on any atom is -0.379 e. The summed E-state index contributed by atoms with van der Waals surface area (Å²) in [6, 6.07) is 10.2. The number of pyridine rings is 1. The Kier molecular flexibility index (Phi) is 5.21. The van der Waals surface area contributed by atoms with Gasteiger partial charge in [0, 0.05) is 43.0 Å². The van der Waals surface area contributed by atoms with E-state index in [9.17, 15) is 0 Å². The van der Waals surface area contributed by atoms with Crippen LogP contribution < -0.4 is 0 Å². The maximum absolute atomic E-state index is 5.41. The summed E-state index contributed by atoms with van der Waals surface area (Å²) < 4.78 is 9.15. The van der Waals surface area contributed by atoms with Gasteiger partial charge >= 0.3 is 0 Å². The SMILES string of the molecule is c1cnc2ccc(Cn3nnc4ncc(-c5cnn(CCN6CCOCC6)c5)nc43)cc2c1. The van der Waals surface area contributed by atoms with E-state index in [1.165, 1.54) is 0 Å². The predicted molar refractivity (Wildman–Crippen MR) is 122 cm³/mol. The zero-order valence-corrected chi connectivity index (χ0v) is 18.1. The van der Waals surface area contributed by atoms with Crippen LogP contribution in [-0.2, 0) is 17.8 Å². The lowest BCUT2D eigenvalue weighted by molar-refractivity contribution is 0.0360. The van der Waals surface area contributed by atoms with Gasteiger partial charge in [0.05, 0.1) is 49.9 Å². The quantitative estimate of drug-likeness (QED) is 0.395. The number of hydrogen-bond donors (Lipinski definition) is 0. The average molecular weight is 441 g/mol. The number of rotatable bonds is 6. The van der Waals surface area contributed by atoms with Gasteiger partial charge < -0.3 is 4.74 Å². The number of ether oxygens (including phenoxy) is 1. The topological polar surface area (TPSA) is 99.7 Å². The van der Waals surface area contributed by atoms with Crippen molar-refractivity contribution in [1.82, 2.24) is 44.6 Å². The van der Waals surface area contributed by atoms with E-state index in [4.69, 9.17) is 9.72 Å². The van der Waals surface area contributed by atoms with Crippen molar-refractivity contribution >= 4 is 22.2 Å². The van der Waals surface area contributed by atoms with Crippen LogP contribution in [0.2, 0.25) is 0 Å². The first kappa shape index (κ1) is 19.9. The van der Waals surface area contributed by atoms with E-state index in [0.29, 0.717) is 17.8 Å². The molecule has 166 valence electrons. The molecule has 4 aromatic heterocycles. The monoisotopic (exact) mass is 441 g/mol. The van der Waals surface area contributed by atoms with Crippen LogP contribution in [0.4, 0.5) is 0 Å². The molecule has 1 aliphatic rings. The molecular formula is C23H23N9O. The molecule has 0 N–H and O–H groups in total. The van der Waals surface area contributed by atoms with E-state index in [1.807, 2.05) is 29.2 Å². The van der Waals surface area contributed by atoms with Crippen molar-refractivity contribution in [3.63, 3.8) is 0 Å². The first-order valence-electron chi connectivity index (χ1n) is 11.0. The van der Waals surface area contributed by atoms with Crippen LogP contribution in [0, 0.1) is 0 Å². The van der Waals surface area contributed by atoms with Crippen molar-refractivity contribution in [2.75, 3.05) is 32.8 Å². The van der Waals surface area contributed by atoms with Crippen molar-refractivity contribution in [1.29, 1.82) is 0 Å².